The van der Waals surface area contributed by atoms with Gasteiger partial charge in [0.25, 0.3) is 0 Å². The average Bonchev–Trinajstić information content (AvgIpc) is 3.76. The van der Waals surface area contributed by atoms with E-state index in [4.69, 9.17) is 9.47 Å². The smallest absolute Gasteiger partial charge is 0.303 e. The summed E-state index contributed by atoms with van der Waals surface area (Å²) < 4.78 is 26.4. The second-order valence-corrected chi connectivity index (χ2v) is 9.48. The van der Waals surface area contributed by atoms with E-state index in [0.717, 1.165) is 31.2 Å². The number of ether oxygens (including phenoxy) is 2. The molecule has 0 aliphatic heterocycles. The highest BCUT2D eigenvalue weighted by molar-refractivity contribution is 5.68. The molecule has 0 spiro atoms. The fourth-order valence-corrected chi connectivity index (χ4v) is 4.20. The van der Waals surface area contributed by atoms with E-state index < -0.39 is 11.8 Å². The molecule has 1 atom stereocenters. The van der Waals surface area contributed by atoms with Gasteiger partial charge in [-0.25, -0.2) is 14.4 Å². The number of aliphatic carboxylic acids is 1. The topological polar surface area (TPSA) is 94.4 Å². The number of pyridine rings is 1. The Labute approximate surface area is 203 Å². The van der Waals surface area contributed by atoms with Gasteiger partial charge >= 0.3 is 5.97 Å². The highest BCUT2D eigenvalue weighted by atomic mass is 19.1. The van der Waals surface area contributed by atoms with Crippen LogP contribution >= 0.6 is 0 Å². The van der Waals surface area contributed by atoms with Crippen molar-refractivity contribution in [1.82, 2.24) is 15.0 Å². The third-order valence-electron chi connectivity index (χ3n) is 6.45. The lowest BCUT2D eigenvalue weighted by molar-refractivity contribution is -0.137. The zero-order valence-electron chi connectivity index (χ0n) is 19.6. The summed E-state index contributed by atoms with van der Waals surface area (Å²) in [5.74, 6) is 0.574. The predicted octanol–water partition coefficient (Wildman–Crippen LogP) is 5.32. The van der Waals surface area contributed by atoms with Gasteiger partial charge in [0.05, 0.1) is 25.4 Å². The van der Waals surface area contributed by atoms with Crippen LogP contribution in [-0.2, 0) is 11.4 Å². The van der Waals surface area contributed by atoms with E-state index >= 15 is 0 Å². The summed E-state index contributed by atoms with van der Waals surface area (Å²) in [5.41, 5.74) is 2.86. The van der Waals surface area contributed by atoms with Crippen molar-refractivity contribution >= 4 is 5.97 Å². The first-order valence-corrected chi connectivity index (χ1v) is 12.0. The Morgan fingerprint density at radius 1 is 1.14 bits per heavy atom. The summed E-state index contributed by atoms with van der Waals surface area (Å²) >= 11 is 0. The van der Waals surface area contributed by atoms with Crippen LogP contribution in [0.4, 0.5) is 4.39 Å². The number of aryl methyl sites for hydroxylation is 1. The second-order valence-electron chi connectivity index (χ2n) is 9.48. The third kappa shape index (κ3) is 5.93. The first kappa shape index (κ1) is 23.2. The van der Waals surface area contributed by atoms with Crippen LogP contribution < -0.4 is 9.47 Å². The van der Waals surface area contributed by atoms with Gasteiger partial charge in [0.15, 0.2) is 5.82 Å². The summed E-state index contributed by atoms with van der Waals surface area (Å²) in [5, 5.41) is 9.30. The maximum absolute atomic E-state index is 14.5. The minimum atomic E-state index is -0.789. The zero-order chi connectivity index (χ0) is 24.4. The number of carbonyl (C=O) groups is 1. The fourth-order valence-electron chi connectivity index (χ4n) is 4.20. The molecule has 35 heavy (non-hydrogen) atoms. The normalized spacial score (nSPS) is 16.1. The molecule has 1 N–H and O–H groups in total. The van der Waals surface area contributed by atoms with Gasteiger partial charge < -0.3 is 14.6 Å². The first-order valence-electron chi connectivity index (χ1n) is 12.0. The third-order valence-corrected chi connectivity index (χ3v) is 6.45. The Hall–Kier alpha value is -3.55. The number of aromatic nitrogens is 3. The molecule has 0 saturated heterocycles. The summed E-state index contributed by atoms with van der Waals surface area (Å²) in [4.78, 5) is 24.4. The molecule has 1 aromatic carbocycles. The van der Waals surface area contributed by atoms with Crippen LogP contribution in [0.5, 0.6) is 11.6 Å². The highest BCUT2D eigenvalue weighted by Gasteiger charge is 2.34. The molecular formula is C27H28FN3O4. The first-order chi connectivity index (χ1) is 17.0. The molecule has 8 heteroatoms. The van der Waals surface area contributed by atoms with E-state index in [-0.39, 0.29) is 24.8 Å². The van der Waals surface area contributed by atoms with E-state index in [1.807, 2.05) is 24.3 Å². The summed E-state index contributed by atoms with van der Waals surface area (Å²) in [7, 11) is 0. The van der Waals surface area contributed by atoms with Gasteiger partial charge in [0, 0.05) is 11.3 Å². The van der Waals surface area contributed by atoms with Gasteiger partial charge in [0.2, 0.25) is 5.88 Å². The number of benzene rings is 1. The predicted molar refractivity (Wildman–Crippen MR) is 127 cm³/mol. The number of rotatable bonds is 11. The van der Waals surface area contributed by atoms with Crippen molar-refractivity contribution in [3.63, 3.8) is 0 Å². The van der Waals surface area contributed by atoms with Crippen molar-refractivity contribution in [2.75, 3.05) is 6.61 Å². The molecule has 2 aliphatic rings. The molecule has 3 aromatic rings. The second kappa shape index (κ2) is 9.98. The molecule has 0 radical (unpaired) electrons. The Kier molecular flexibility index (Phi) is 6.61. The van der Waals surface area contributed by atoms with Crippen LogP contribution in [0, 0.1) is 24.6 Å². The molecule has 0 bridgehead atoms. The van der Waals surface area contributed by atoms with E-state index in [0.29, 0.717) is 46.8 Å². The standard InChI is InChI=1S/C27H28FN3O4/c1-16-9-23(24(28)13-29-16)26-27(35-14-17-5-6-17)31-20(12-30-26)15-34-21-4-2-3-19(10-21)22(11-25(32)33)18-7-8-18/h2-4,9-10,12-13,17-18,22H,5-8,11,14-15H2,1H3,(H,32,33)/t22-/m0/s1. The summed E-state index contributed by atoms with van der Waals surface area (Å²) in [6.07, 6.45) is 7.23. The molecule has 182 valence electrons. The quantitative estimate of drug-likeness (QED) is 0.399. The van der Waals surface area contributed by atoms with E-state index in [2.05, 4.69) is 15.0 Å². The number of carboxylic acids is 1. The Bertz CT molecular complexity index is 1230. The van der Waals surface area contributed by atoms with Crippen molar-refractivity contribution in [2.45, 2.75) is 51.6 Å². The van der Waals surface area contributed by atoms with E-state index in [1.54, 1.807) is 19.2 Å². The lowest BCUT2D eigenvalue weighted by atomic mass is 9.91. The minimum absolute atomic E-state index is 0.00346. The Morgan fingerprint density at radius 3 is 2.71 bits per heavy atom. The van der Waals surface area contributed by atoms with Crippen LogP contribution in [-0.4, -0.2) is 32.6 Å². The maximum Gasteiger partial charge on any atom is 0.303 e. The average molecular weight is 478 g/mol. The highest BCUT2D eigenvalue weighted by Crippen LogP contribution is 2.45. The fraction of sp³-hybridized carbons (Fsp3) is 0.407. The molecule has 2 aliphatic carbocycles. The largest absolute Gasteiger partial charge is 0.487 e. The molecule has 0 unspecified atom stereocenters. The van der Waals surface area contributed by atoms with E-state index in [1.165, 1.54) is 6.20 Å². The molecule has 2 heterocycles. The van der Waals surface area contributed by atoms with Crippen LogP contribution in [0.2, 0.25) is 0 Å². The van der Waals surface area contributed by atoms with Crippen LogP contribution in [0.1, 0.15) is 55.0 Å². The number of halogens is 1. The molecule has 2 fully saturated rings. The zero-order valence-corrected chi connectivity index (χ0v) is 19.6. The lowest BCUT2D eigenvalue weighted by Gasteiger charge is -2.16. The summed E-state index contributed by atoms with van der Waals surface area (Å²) in [6, 6.07) is 9.24. The Balaban J connectivity index is 1.34. The maximum atomic E-state index is 14.5. The number of hydrogen-bond acceptors (Lipinski definition) is 6. The monoisotopic (exact) mass is 477 g/mol. The van der Waals surface area contributed by atoms with E-state index in [9.17, 15) is 14.3 Å². The summed E-state index contributed by atoms with van der Waals surface area (Å²) in [6.45, 7) is 2.47. The minimum Gasteiger partial charge on any atom is -0.487 e. The molecule has 5 rings (SSSR count). The Morgan fingerprint density at radius 2 is 1.97 bits per heavy atom. The van der Waals surface area contributed by atoms with Gasteiger partial charge in [-0.1, -0.05) is 12.1 Å². The van der Waals surface area contributed by atoms with Gasteiger partial charge in [-0.05, 0) is 74.1 Å². The van der Waals surface area contributed by atoms with Crippen molar-refractivity contribution in [3.8, 4) is 22.9 Å². The van der Waals surface area contributed by atoms with Gasteiger partial charge in [-0.2, -0.15) is 0 Å². The van der Waals surface area contributed by atoms with Crippen LogP contribution in [0.25, 0.3) is 11.3 Å². The SMILES string of the molecule is Cc1cc(-c2ncc(COc3cccc([C@@H](CC(=O)O)C4CC4)c3)nc2OCC2CC2)c(F)cn1. The lowest BCUT2D eigenvalue weighted by Crippen LogP contribution is -2.09. The van der Waals surface area contributed by atoms with Gasteiger partial charge in [-0.15, -0.1) is 0 Å². The van der Waals surface area contributed by atoms with Crippen molar-refractivity contribution in [1.29, 1.82) is 0 Å². The van der Waals surface area contributed by atoms with Crippen LogP contribution in [0.3, 0.4) is 0 Å². The molecular weight excluding hydrogens is 449 g/mol. The molecule has 7 nitrogen and oxygen atoms in total. The molecule has 2 saturated carbocycles. The number of nitrogens with zero attached hydrogens (tertiary/aromatic N) is 3. The molecule has 0 amide bonds. The van der Waals surface area contributed by atoms with Crippen molar-refractivity contribution < 1.29 is 23.8 Å². The molecule has 2 aromatic heterocycles. The van der Waals surface area contributed by atoms with Crippen molar-refractivity contribution in [2.24, 2.45) is 11.8 Å². The number of carboxylic acid groups (broad SMARTS) is 1. The van der Waals surface area contributed by atoms with Gasteiger partial charge in [0.1, 0.15) is 23.7 Å². The van der Waals surface area contributed by atoms with Crippen LogP contribution in [0.15, 0.2) is 42.7 Å². The number of hydrogen-bond donors (Lipinski definition) is 1. The van der Waals surface area contributed by atoms with Gasteiger partial charge in [-0.3, -0.25) is 9.78 Å². The van der Waals surface area contributed by atoms with Crippen molar-refractivity contribution in [3.05, 3.63) is 65.5 Å².